The van der Waals surface area contributed by atoms with Crippen molar-refractivity contribution in [2.45, 2.75) is 6.92 Å². The molecule has 1 aromatic carbocycles. The zero-order valence-corrected chi connectivity index (χ0v) is 8.79. The van der Waals surface area contributed by atoms with Gasteiger partial charge in [-0.3, -0.25) is 0 Å². The van der Waals surface area contributed by atoms with E-state index >= 15 is 0 Å². The van der Waals surface area contributed by atoms with Gasteiger partial charge in [0.1, 0.15) is 5.82 Å². The van der Waals surface area contributed by atoms with Crippen molar-refractivity contribution in [3.63, 3.8) is 0 Å². The van der Waals surface area contributed by atoms with Crippen LogP contribution < -0.4 is 0 Å². The first kappa shape index (κ1) is 10.1. The van der Waals surface area contributed by atoms with E-state index in [1.54, 1.807) is 18.3 Å². The van der Waals surface area contributed by atoms with Gasteiger partial charge in [0.15, 0.2) is 0 Å². The normalized spacial score (nSPS) is 10.3. The molecule has 1 aromatic heterocycles. The molecule has 2 nitrogen and oxygen atoms in total. The van der Waals surface area contributed by atoms with Gasteiger partial charge < -0.3 is 0 Å². The van der Waals surface area contributed by atoms with Crippen molar-refractivity contribution in [3.05, 3.63) is 47.3 Å². The maximum atomic E-state index is 12.7. The van der Waals surface area contributed by atoms with E-state index in [1.807, 2.05) is 6.92 Å². The third-order valence-corrected chi connectivity index (χ3v) is 2.29. The summed E-state index contributed by atoms with van der Waals surface area (Å²) in [6, 6.07) is 6.19. The van der Waals surface area contributed by atoms with Gasteiger partial charge in [-0.25, -0.2) is 14.4 Å². The Balaban J connectivity index is 2.49. The molecule has 0 unspecified atom stereocenters. The minimum atomic E-state index is -0.258. The van der Waals surface area contributed by atoms with E-state index in [2.05, 4.69) is 9.97 Å². The number of aromatic nitrogens is 2. The molecule has 0 bridgehead atoms. The van der Waals surface area contributed by atoms with Crippen LogP contribution in [0.1, 0.15) is 5.69 Å². The number of hydrogen-bond acceptors (Lipinski definition) is 2. The Kier molecular flexibility index (Phi) is 2.64. The smallest absolute Gasteiger partial charge is 0.222 e. The lowest BCUT2D eigenvalue weighted by molar-refractivity contribution is 0.628. The van der Waals surface area contributed by atoms with Crippen LogP contribution in [-0.2, 0) is 0 Å². The quantitative estimate of drug-likeness (QED) is 0.693. The van der Waals surface area contributed by atoms with Crippen molar-refractivity contribution in [2.24, 2.45) is 0 Å². The van der Waals surface area contributed by atoms with Gasteiger partial charge in [-0.05, 0) is 36.2 Å². The molecule has 0 fully saturated rings. The molecule has 0 atom stereocenters. The second-order valence-corrected chi connectivity index (χ2v) is 3.48. The highest BCUT2D eigenvalue weighted by Crippen LogP contribution is 2.22. The number of rotatable bonds is 1. The fraction of sp³-hybridized carbons (Fsp3) is 0.0909. The zero-order chi connectivity index (χ0) is 10.8. The van der Waals surface area contributed by atoms with Crippen LogP contribution in [0.15, 0.2) is 30.5 Å². The van der Waals surface area contributed by atoms with Gasteiger partial charge in [-0.2, -0.15) is 0 Å². The number of halogens is 2. The summed E-state index contributed by atoms with van der Waals surface area (Å²) in [4.78, 5) is 7.93. The minimum Gasteiger partial charge on any atom is -0.226 e. The molecule has 0 saturated heterocycles. The number of hydrogen-bond donors (Lipinski definition) is 0. The molecular weight excluding hydrogens is 215 g/mol. The van der Waals surface area contributed by atoms with Gasteiger partial charge in [-0.1, -0.05) is 12.1 Å². The van der Waals surface area contributed by atoms with Gasteiger partial charge in [0.2, 0.25) is 5.28 Å². The monoisotopic (exact) mass is 222 g/mol. The summed E-state index contributed by atoms with van der Waals surface area (Å²) in [5, 5.41) is 0.221. The lowest BCUT2D eigenvalue weighted by Gasteiger charge is -2.04. The van der Waals surface area contributed by atoms with Crippen LogP contribution in [0.5, 0.6) is 0 Å². The molecule has 0 aliphatic heterocycles. The van der Waals surface area contributed by atoms with Crippen molar-refractivity contribution in [3.8, 4) is 11.1 Å². The van der Waals surface area contributed by atoms with Crippen molar-refractivity contribution in [1.82, 2.24) is 9.97 Å². The number of aryl methyl sites for hydroxylation is 1. The van der Waals surface area contributed by atoms with E-state index < -0.39 is 0 Å². The Hall–Kier alpha value is -1.48. The molecule has 2 rings (SSSR count). The first-order chi connectivity index (χ1) is 7.16. The maximum absolute atomic E-state index is 12.7. The molecule has 0 aliphatic carbocycles. The summed E-state index contributed by atoms with van der Waals surface area (Å²) >= 11 is 5.65. The molecule has 0 N–H and O–H groups in total. The van der Waals surface area contributed by atoms with Crippen LogP contribution >= 0.6 is 11.6 Å². The van der Waals surface area contributed by atoms with E-state index in [0.717, 1.165) is 16.8 Å². The van der Waals surface area contributed by atoms with Gasteiger partial charge >= 0.3 is 0 Å². The predicted molar refractivity (Wildman–Crippen MR) is 57.2 cm³/mol. The Bertz CT molecular complexity index is 482. The van der Waals surface area contributed by atoms with Crippen LogP contribution in [0.4, 0.5) is 4.39 Å². The second-order valence-electron chi connectivity index (χ2n) is 3.15. The highest BCUT2D eigenvalue weighted by Gasteiger charge is 2.04. The van der Waals surface area contributed by atoms with Gasteiger partial charge in [0.25, 0.3) is 0 Å². The zero-order valence-electron chi connectivity index (χ0n) is 8.04. The molecule has 0 amide bonds. The first-order valence-electron chi connectivity index (χ1n) is 4.42. The number of benzene rings is 1. The van der Waals surface area contributed by atoms with Crippen LogP contribution in [0, 0.1) is 12.7 Å². The van der Waals surface area contributed by atoms with Gasteiger partial charge in [0, 0.05) is 11.8 Å². The largest absolute Gasteiger partial charge is 0.226 e. The molecule has 2 aromatic rings. The average molecular weight is 223 g/mol. The third-order valence-electron chi connectivity index (χ3n) is 2.11. The van der Waals surface area contributed by atoms with E-state index in [4.69, 9.17) is 11.6 Å². The van der Waals surface area contributed by atoms with Gasteiger partial charge in [-0.15, -0.1) is 0 Å². The Morgan fingerprint density at radius 2 is 1.87 bits per heavy atom. The van der Waals surface area contributed by atoms with Crippen molar-refractivity contribution in [1.29, 1.82) is 0 Å². The molecule has 4 heteroatoms. The van der Waals surface area contributed by atoms with Crippen molar-refractivity contribution >= 4 is 11.6 Å². The molecule has 0 radical (unpaired) electrons. The standard InChI is InChI=1S/C11H8ClFN2/c1-7-10(6-14-11(12)15-7)8-2-4-9(13)5-3-8/h2-6H,1H3. The summed E-state index contributed by atoms with van der Waals surface area (Å²) in [7, 11) is 0. The lowest BCUT2D eigenvalue weighted by Crippen LogP contribution is -1.91. The summed E-state index contributed by atoms with van der Waals surface area (Å²) in [6.07, 6.45) is 1.64. The van der Waals surface area contributed by atoms with Crippen LogP contribution in [0.2, 0.25) is 5.28 Å². The predicted octanol–water partition coefficient (Wildman–Crippen LogP) is 3.24. The molecule has 0 saturated carbocycles. The van der Waals surface area contributed by atoms with Gasteiger partial charge in [0.05, 0.1) is 5.69 Å². The Morgan fingerprint density at radius 3 is 2.47 bits per heavy atom. The molecule has 15 heavy (non-hydrogen) atoms. The Labute approximate surface area is 91.8 Å². The van der Waals surface area contributed by atoms with E-state index in [9.17, 15) is 4.39 Å². The molecule has 0 aliphatic rings. The SMILES string of the molecule is Cc1nc(Cl)ncc1-c1ccc(F)cc1. The highest BCUT2D eigenvalue weighted by molar-refractivity contribution is 6.28. The van der Waals surface area contributed by atoms with Crippen LogP contribution in [0.25, 0.3) is 11.1 Å². The second kappa shape index (κ2) is 3.95. The summed E-state index contributed by atoms with van der Waals surface area (Å²) in [5.41, 5.74) is 2.52. The fourth-order valence-corrected chi connectivity index (χ4v) is 1.53. The van der Waals surface area contributed by atoms with Crippen molar-refractivity contribution < 1.29 is 4.39 Å². The Morgan fingerprint density at radius 1 is 1.20 bits per heavy atom. The summed E-state index contributed by atoms with van der Waals surface area (Å²) in [6.45, 7) is 1.84. The third kappa shape index (κ3) is 2.13. The van der Waals surface area contributed by atoms with E-state index in [0.29, 0.717) is 0 Å². The number of nitrogens with zero attached hydrogens (tertiary/aromatic N) is 2. The van der Waals surface area contributed by atoms with E-state index in [-0.39, 0.29) is 11.1 Å². The minimum absolute atomic E-state index is 0.221. The van der Waals surface area contributed by atoms with Crippen LogP contribution in [0.3, 0.4) is 0 Å². The first-order valence-corrected chi connectivity index (χ1v) is 4.79. The summed E-state index contributed by atoms with van der Waals surface area (Å²) < 4.78 is 12.7. The fourth-order valence-electron chi connectivity index (χ4n) is 1.35. The maximum Gasteiger partial charge on any atom is 0.222 e. The molecular formula is C11H8ClFN2. The molecule has 0 spiro atoms. The van der Waals surface area contributed by atoms with Crippen molar-refractivity contribution in [2.75, 3.05) is 0 Å². The summed E-state index contributed by atoms with van der Waals surface area (Å²) in [5.74, 6) is -0.258. The molecule has 1 heterocycles. The average Bonchev–Trinajstić information content (AvgIpc) is 2.20. The topological polar surface area (TPSA) is 25.8 Å². The lowest BCUT2D eigenvalue weighted by atomic mass is 10.1. The van der Waals surface area contributed by atoms with Crippen LogP contribution in [-0.4, -0.2) is 9.97 Å². The highest BCUT2D eigenvalue weighted by atomic mass is 35.5. The van der Waals surface area contributed by atoms with E-state index in [1.165, 1.54) is 12.1 Å². The molecule has 76 valence electrons.